The highest BCUT2D eigenvalue weighted by Crippen LogP contribution is 2.29. The fourth-order valence-electron chi connectivity index (χ4n) is 4.06. The van der Waals surface area contributed by atoms with E-state index in [1.807, 2.05) is 51.1 Å². The molecule has 2 heterocycles. The number of H-pyrrole nitrogens is 1. The number of benzene rings is 4. The van der Waals surface area contributed by atoms with E-state index >= 15 is 0 Å². The van der Waals surface area contributed by atoms with E-state index in [1.165, 1.54) is 10.8 Å². The number of nitrogens with zero attached hydrogens (tertiary/aromatic N) is 2. The summed E-state index contributed by atoms with van der Waals surface area (Å²) in [7, 11) is 0. The molecule has 0 spiro atoms. The van der Waals surface area contributed by atoms with Gasteiger partial charge in [-0.3, -0.25) is 0 Å². The lowest BCUT2D eigenvalue weighted by atomic mass is 10.0. The molecule has 0 radical (unpaired) electrons. The van der Waals surface area contributed by atoms with Gasteiger partial charge in [0.1, 0.15) is 5.82 Å². The maximum absolute atomic E-state index is 5.01. The number of nitrogens with one attached hydrogen (secondary N) is 1. The molecule has 0 saturated heterocycles. The minimum absolute atomic E-state index is 0.884. The number of aromatic amines is 1. The molecular weight excluding hydrogens is 438 g/mol. The summed E-state index contributed by atoms with van der Waals surface area (Å²) in [6.45, 7) is 9.42. The standard InChI is InChI=1S/C26H17N3.C5H8.C2H6/c1-2-7-19(8-3-1)26-28-23-15-13-20(16-24(23)29-26)22-14-12-18-11-10-17-6-4-5-9-21(17)25(18)27-22;1-3-5-4-2;1-2/h1-16H,(H,28,29);3-5H,1H2,2H3;1-2H3/b;5-4-;. The van der Waals surface area contributed by atoms with E-state index in [9.17, 15) is 0 Å². The molecule has 3 heteroatoms. The molecule has 0 bridgehead atoms. The highest BCUT2D eigenvalue weighted by atomic mass is 14.9. The molecule has 0 fully saturated rings. The minimum Gasteiger partial charge on any atom is -0.338 e. The summed E-state index contributed by atoms with van der Waals surface area (Å²) in [6, 6.07) is 33.4. The van der Waals surface area contributed by atoms with Crippen molar-refractivity contribution in [2.45, 2.75) is 20.8 Å². The monoisotopic (exact) mass is 469 g/mol. The average Bonchev–Trinajstić information content (AvgIpc) is 3.39. The zero-order valence-corrected chi connectivity index (χ0v) is 21.1. The Hall–Kier alpha value is -4.50. The molecule has 0 saturated carbocycles. The summed E-state index contributed by atoms with van der Waals surface area (Å²) >= 11 is 0. The van der Waals surface area contributed by atoms with E-state index in [1.54, 1.807) is 6.08 Å². The van der Waals surface area contributed by atoms with E-state index in [0.29, 0.717) is 0 Å². The molecule has 178 valence electrons. The van der Waals surface area contributed by atoms with Crippen LogP contribution in [0.1, 0.15) is 20.8 Å². The van der Waals surface area contributed by atoms with Gasteiger partial charge in [-0.15, -0.1) is 0 Å². The molecule has 0 aliphatic heterocycles. The Labute approximate surface area is 212 Å². The molecule has 6 rings (SSSR count). The minimum atomic E-state index is 0.884. The van der Waals surface area contributed by atoms with Crippen LogP contribution in [0.5, 0.6) is 0 Å². The van der Waals surface area contributed by atoms with Crippen molar-refractivity contribution >= 4 is 32.7 Å². The molecule has 0 unspecified atom stereocenters. The molecule has 0 aliphatic rings. The fraction of sp³-hybridized carbons (Fsp3) is 0.0909. The Morgan fingerprint density at radius 3 is 2.19 bits per heavy atom. The number of hydrogen-bond acceptors (Lipinski definition) is 2. The molecule has 0 atom stereocenters. The molecule has 0 aliphatic carbocycles. The van der Waals surface area contributed by atoms with Crippen LogP contribution in [0.3, 0.4) is 0 Å². The fourth-order valence-corrected chi connectivity index (χ4v) is 4.06. The van der Waals surface area contributed by atoms with Crippen molar-refractivity contribution in [2.24, 2.45) is 0 Å². The summed E-state index contributed by atoms with van der Waals surface area (Å²) in [5.74, 6) is 0.884. The zero-order valence-electron chi connectivity index (χ0n) is 21.1. The van der Waals surface area contributed by atoms with Crippen molar-refractivity contribution < 1.29 is 0 Å². The normalized spacial score (nSPS) is 10.6. The zero-order chi connectivity index (χ0) is 25.3. The van der Waals surface area contributed by atoms with Crippen LogP contribution in [0.15, 0.2) is 122 Å². The van der Waals surface area contributed by atoms with Crippen LogP contribution in [0, 0.1) is 0 Å². The van der Waals surface area contributed by atoms with Crippen LogP contribution in [0.25, 0.3) is 55.4 Å². The molecular formula is C33H31N3. The third-order valence-corrected chi connectivity index (χ3v) is 5.74. The van der Waals surface area contributed by atoms with E-state index in [0.717, 1.165) is 44.6 Å². The first-order valence-corrected chi connectivity index (χ1v) is 12.3. The summed E-state index contributed by atoms with van der Waals surface area (Å²) in [4.78, 5) is 13.2. The van der Waals surface area contributed by atoms with Crippen molar-refractivity contribution in [1.82, 2.24) is 15.0 Å². The van der Waals surface area contributed by atoms with Gasteiger partial charge in [0.15, 0.2) is 0 Å². The van der Waals surface area contributed by atoms with Gasteiger partial charge in [0, 0.05) is 21.9 Å². The van der Waals surface area contributed by atoms with Gasteiger partial charge in [-0.1, -0.05) is 118 Å². The molecule has 4 aromatic carbocycles. The lowest BCUT2D eigenvalue weighted by Gasteiger charge is -2.06. The molecule has 6 aromatic rings. The van der Waals surface area contributed by atoms with Crippen LogP contribution < -0.4 is 0 Å². The quantitative estimate of drug-likeness (QED) is 0.207. The van der Waals surface area contributed by atoms with Crippen molar-refractivity contribution in [3.05, 3.63) is 122 Å². The average molecular weight is 470 g/mol. The largest absolute Gasteiger partial charge is 0.338 e. The van der Waals surface area contributed by atoms with Gasteiger partial charge in [-0.05, 0) is 30.5 Å². The van der Waals surface area contributed by atoms with Gasteiger partial charge >= 0.3 is 0 Å². The summed E-state index contributed by atoms with van der Waals surface area (Å²) in [6.07, 6.45) is 5.58. The number of rotatable bonds is 3. The SMILES string of the molecule is C=C/C=C\C.CC.c1ccc(-c2nc3ccc(-c4ccc5ccc6ccccc6c5n4)cc3[nH]2)cc1. The number of imidazole rings is 1. The summed E-state index contributed by atoms with van der Waals surface area (Å²) in [5.41, 5.74) is 6.14. The number of pyridine rings is 1. The Kier molecular flexibility index (Phi) is 8.05. The smallest absolute Gasteiger partial charge is 0.138 e. The first kappa shape index (κ1) is 24.6. The summed E-state index contributed by atoms with van der Waals surface area (Å²) < 4.78 is 0. The Morgan fingerprint density at radius 1 is 0.722 bits per heavy atom. The van der Waals surface area contributed by atoms with Crippen LogP contribution >= 0.6 is 0 Å². The highest BCUT2D eigenvalue weighted by molar-refractivity contribution is 6.05. The van der Waals surface area contributed by atoms with Gasteiger partial charge in [-0.25, -0.2) is 9.97 Å². The van der Waals surface area contributed by atoms with Gasteiger partial charge in [0.05, 0.1) is 22.2 Å². The van der Waals surface area contributed by atoms with Crippen molar-refractivity contribution in [3.63, 3.8) is 0 Å². The molecule has 1 N–H and O–H groups in total. The predicted octanol–water partition coefficient (Wildman–Crippen LogP) is 9.37. The van der Waals surface area contributed by atoms with Crippen LogP contribution in [-0.4, -0.2) is 15.0 Å². The van der Waals surface area contributed by atoms with Gasteiger partial charge < -0.3 is 4.98 Å². The van der Waals surface area contributed by atoms with Gasteiger partial charge in [0.2, 0.25) is 0 Å². The first-order valence-electron chi connectivity index (χ1n) is 12.3. The third-order valence-electron chi connectivity index (χ3n) is 5.74. The van der Waals surface area contributed by atoms with E-state index in [-0.39, 0.29) is 0 Å². The van der Waals surface area contributed by atoms with Crippen LogP contribution in [-0.2, 0) is 0 Å². The van der Waals surface area contributed by atoms with Gasteiger partial charge in [-0.2, -0.15) is 0 Å². The van der Waals surface area contributed by atoms with Gasteiger partial charge in [0.25, 0.3) is 0 Å². The maximum Gasteiger partial charge on any atom is 0.138 e. The van der Waals surface area contributed by atoms with Crippen molar-refractivity contribution in [1.29, 1.82) is 0 Å². The Bertz CT molecular complexity index is 1630. The first-order chi connectivity index (χ1) is 17.8. The number of aromatic nitrogens is 3. The second-order valence-electron chi connectivity index (χ2n) is 8.00. The van der Waals surface area contributed by atoms with E-state index in [2.05, 4.69) is 90.4 Å². The summed E-state index contributed by atoms with van der Waals surface area (Å²) in [5, 5.41) is 3.54. The Balaban J connectivity index is 0.000000391. The van der Waals surface area contributed by atoms with Crippen molar-refractivity contribution in [2.75, 3.05) is 0 Å². The molecule has 3 nitrogen and oxygen atoms in total. The van der Waals surface area contributed by atoms with Crippen LogP contribution in [0.4, 0.5) is 0 Å². The molecule has 36 heavy (non-hydrogen) atoms. The third kappa shape index (κ3) is 5.26. The van der Waals surface area contributed by atoms with Crippen molar-refractivity contribution in [3.8, 4) is 22.6 Å². The highest BCUT2D eigenvalue weighted by Gasteiger charge is 2.09. The molecule has 0 amide bonds. The lowest BCUT2D eigenvalue weighted by Crippen LogP contribution is -1.87. The number of allylic oxidation sites excluding steroid dienone is 3. The maximum atomic E-state index is 5.01. The number of fused-ring (bicyclic) bond motifs is 4. The predicted molar refractivity (Wildman–Crippen MR) is 156 cm³/mol. The van der Waals surface area contributed by atoms with E-state index in [4.69, 9.17) is 9.97 Å². The second-order valence-corrected chi connectivity index (χ2v) is 8.00. The van der Waals surface area contributed by atoms with Crippen LogP contribution in [0.2, 0.25) is 0 Å². The molecule has 2 aromatic heterocycles. The number of hydrogen-bond donors (Lipinski definition) is 1. The topological polar surface area (TPSA) is 41.6 Å². The van der Waals surface area contributed by atoms with E-state index < -0.39 is 0 Å². The lowest BCUT2D eigenvalue weighted by molar-refractivity contribution is 1.34. The Morgan fingerprint density at radius 2 is 1.44 bits per heavy atom. The second kappa shape index (κ2) is 11.8.